The largest absolute Gasteiger partial charge is 0.459 e. The van der Waals surface area contributed by atoms with Crippen molar-refractivity contribution in [3.63, 3.8) is 0 Å². The second kappa shape index (κ2) is 6.63. The van der Waals surface area contributed by atoms with E-state index in [0.29, 0.717) is 6.04 Å². The highest BCUT2D eigenvalue weighted by Crippen LogP contribution is 2.42. The van der Waals surface area contributed by atoms with Gasteiger partial charge in [0.05, 0.1) is 12.6 Å². The third-order valence-electron chi connectivity index (χ3n) is 4.21. The van der Waals surface area contributed by atoms with E-state index in [4.69, 9.17) is 9.15 Å². The van der Waals surface area contributed by atoms with Crippen LogP contribution in [-0.4, -0.2) is 20.3 Å². The van der Waals surface area contributed by atoms with Gasteiger partial charge in [-0.2, -0.15) is 0 Å². The van der Waals surface area contributed by atoms with Crippen LogP contribution in [0.15, 0.2) is 28.7 Å². The molecule has 1 aliphatic rings. The maximum atomic E-state index is 6.09. The van der Waals surface area contributed by atoms with Gasteiger partial charge in [-0.05, 0) is 61.9 Å². The van der Waals surface area contributed by atoms with Crippen molar-refractivity contribution in [2.24, 2.45) is 5.92 Å². The minimum absolute atomic E-state index is 0.389. The van der Waals surface area contributed by atoms with Crippen LogP contribution in [0.5, 0.6) is 0 Å². The van der Waals surface area contributed by atoms with Crippen LogP contribution in [0, 0.1) is 5.92 Å². The summed E-state index contributed by atoms with van der Waals surface area (Å²) < 4.78 is 11.2. The van der Waals surface area contributed by atoms with Gasteiger partial charge in [0.15, 0.2) is 0 Å². The van der Waals surface area contributed by atoms with Gasteiger partial charge >= 0.3 is 0 Å². The molecular weight excluding hydrogens is 262 g/mol. The summed E-state index contributed by atoms with van der Waals surface area (Å²) in [7, 11) is 1.74. The lowest BCUT2D eigenvalue weighted by atomic mass is 10.1. The van der Waals surface area contributed by atoms with Crippen LogP contribution in [0.1, 0.15) is 43.6 Å². The summed E-state index contributed by atoms with van der Waals surface area (Å²) in [6.45, 7) is 4.02. The highest BCUT2D eigenvalue weighted by molar-refractivity contribution is 5.78. The van der Waals surface area contributed by atoms with Crippen LogP contribution in [0.4, 0.5) is 0 Å². The van der Waals surface area contributed by atoms with Gasteiger partial charge in [-0.25, -0.2) is 0 Å². The first-order chi connectivity index (χ1) is 10.3. The van der Waals surface area contributed by atoms with E-state index in [1.54, 1.807) is 7.11 Å². The van der Waals surface area contributed by atoms with Gasteiger partial charge in [-0.3, -0.25) is 0 Å². The maximum absolute atomic E-state index is 6.09. The first-order valence-electron chi connectivity index (χ1n) is 8.06. The molecule has 3 nitrogen and oxygen atoms in total. The minimum Gasteiger partial charge on any atom is -0.459 e. The summed E-state index contributed by atoms with van der Waals surface area (Å²) in [5.41, 5.74) is 2.30. The summed E-state index contributed by atoms with van der Waals surface area (Å²) >= 11 is 0. The highest BCUT2D eigenvalue weighted by Gasteiger charge is 2.33. The number of nitrogens with one attached hydrogen (secondary N) is 1. The molecule has 0 spiro atoms. The summed E-state index contributed by atoms with van der Waals surface area (Å²) in [4.78, 5) is 0. The number of fused-ring (bicyclic) bond motifs is 1. The Kier molecular flexibility index (Phi) is 4.61. The van der Waals surface area contributed by atoms with Crippen molar-refractivity contribution in [1.82, 2.24) is 5.32 Å². The number of hydrogen-bond donors (Lipinski definition) is 1. The van der Waals surface area contributed by atoms with Crippen molar-refractivity contribution in [3.8, 4) is 0 Å². The Balaban J connectivity index is 1.81. The fourth-order valence-corrected chi connectivity index (χ4v) is 2.87. The number of rotatable bonds is 8. The van der Waals surface area contributed by atoms with Crippen molar-refractivity contribution in [3.05, 3.63) is 35.6 Å². The molecular formula is C18H25NO2. The molecule has 0 bridgehead atoms. The van der Waals surface area contributed by atoms with E-state index in [2.05, 4.69) is 36.5 Å². The summed E-state index contributed by atoms with van der Waals surface area (Å²) in [6.07, 6.45) is 4.74. The molecule has 2 aromatic rings. The van der Waals surface area contributed by atoms with Gasteiger partial charge in [-0.1, -0.05) is 13.0 Å². The maximum Gasteiger partial charge on any atom is 0.134 e. The molecule has 0 saturated heterocycles. The molecule has 1 heterocycles. The number of ether oxygens (including phenoxy) is 1. The minimum atomic E-state index is 0.389. The molecule has 1 saturated carbocycles. The molecule has 1 aromatic heterocycles. The highest BCUT2D eigenvalue weighted by atomic mass is 16.5. The molecule has 1 aliphatic carbocycles. The number of furan rings is 1. The number of hydrogen-bond acceptors (Lipinski definition) is 3. The van der Waals surface area contributed by atoms with E-state index in [1.807, 2.05) is 0 Å². The SMILES string of the molecule is CCCNC(c1cc2cc(CCOC)ccc2o1)C1CC1. The Labute approximate surface area is 126 Å². The van der Waals surface area contributed by atoms with Crippen LogP contribution >= 0.6 is 0 Å². The van der Waals surface area contributed by atoms with Crippen LogP contribution in [-0.2, 0) is 11.2 Å². The second-order valence-corrected chi connectivity index (χ2v) is 6.03. The van der Waals surface area contributed by atoms with Gasteiger partial charge < -0.3 is 14.5 Å². The quantitative estimate of drug-likeness (QED) is 0.794. The first kappa shape index (κ1) is 14.6. The smallest absolute Gasteiger partial charge is 0.134 e. The van der Waals surface area contributed by atoms with Crippen molar-refractivity contribution in [1.29, 1.82) is 0 Å². The van der Waals surface area contributed by atoms with Crippen LogP contribution < -0.4 is 5.32 Å². The molecule has 1 N–H and O–H groups in total. The molecule has 0 radical (unpaired) electrons. The van der Waals surface area contributed by atoms with E-state index in [0.717, 1.165) is 43.3 Å². The van der Waals surface area contributed by atoms with Gasteiger partial charge in [-0.15, -0.1) is 0 Å². The van der Waals surface area contributed by atoms with Crippen molar-refractivity contribution >= 4 is 11.0 Å². The van der Waals surface area contributed by atoms with E-state index >= 15 is 0 Å². The Bertz CT molecular complexity index is 586. The summed E-state index contributed by atoms with van der Waals surface area (Å²) in [6, 6.07) is 9.07. The van der Waals surface area contributed by atoms with Crippen LogP contribution in [0.3, 0.4) is 0 Å². The fourth-order valence-electron chi connectivity index (χ4n) is 2.87. The normalized spacial score (nSPS) is 16.5. The third-order valence-corrected chi connectivity index (χ3v) is 4.21. The monoisotopic (exact) mass is 287 g/mol. The lowest BCUT2D eigenvalue weighted by Gasteiger charge is -2.14. The topological polar surface area (TPSA) is 34.4 Å². The molecule has 21 heavy (non-hydrogen) atoms. The van der Waals surface area contributed by atoms with Crippen molar-refractivity contribution < 1.29 is 9.15 Å². The van der Waals surface area contributed by atoms with E-state index < -0.39 is 0 Å². The van der Waals surface area contributed by atoms with Crippen LogP contribution in [0.25, 0.3) is 11.0 Å². The lowest BCUT2D eigenvalue weighted by Crippen LogP contribution is -2.23. The van der Waals surface area contributed by atoms with Gasteiger partial charge in [0.25, 0.3) is 0 Å². The van der Waals surface area contributed by atoms with Gasteiger partial charge in [0.2, 0.25) is 0 Å². The van der Waals surface area contributed by atoms with Crippen LogP contribution in [0.2, 0.25) is 0 Å². The summed E-state index contributed by atoms with van der Waals surface area (Å²) in [5, 5.41) is 4.85. The van der Waals surface area contributed by atoms with Gasteiger partial charge in [0.1, 0.15) is 11.3 Å². The van der Waals surface area contributed by atoms with E-state index in [1.165, 1.54) is 23.8 Å². The molecule has 3 rings (SSSR count). The predicted molar refractivity (Wildman–Crippen MR) is 85.6 cm³/mol. The third kappa shape index (κ3) is 3.47. The molecule has 0 aliphatic heterocycles. The van der Waals surface area contributed by atoms with E-state index in [9.17, 15) is 0 Å². The van der Waals surface area contributed by atoms with Gasteiger partial charge in [0, 0.05) is 12.5 Å². The Morgan fingerprint density at radius 2 is 2.19 bits per heavy atom. The zero-order valence-corrected chi connectivity index (χ0v) is 13.0. The molecule has 1 aromatic carbocycles. The standard InChI is InChI=1S/C18H25NO2/c1-3-9-19-18(14-5-6-14)17-12-15-11-13(8-10-20-2)4-7-16(15)21-17/h4,7,11-12,14,18-19H,3,5-6,8-10H2,1-2H3. The molecule has 1 fully saturated rings. The molecule has 3 heteroatoms. The molecule has 1 atom stereocenters. The lowest BCUT2D eigenvalue weighted by molar-refractivity contribution is 0.202. The molecule has 0 amide bonds. The average Bonchev–Trinajstić information content (AvgIpc) is 3.24. The van der Waals surface area contributed by atoms with E-state index in [-0.39, 0.29) is 0 Å². The second-order valence-electron chi connectivity index (χ2n) is 6.03. The fraction of sp³-hybridized carbons (Fsp3) is 0.556. The zero-order chi connectivity index (χ0) is 14.7. The van der Waals surface area contributed by atoms with Crippen molar-refractivity contribution in [2.75, 3.05) is 20.3 Å². The predicted octanol–water partition coefficient (Wildman–Crippen LogP) is 4.07. The number of methoxy groups -OCH3 is 1. The molecule has 1 unspecified atom stereocenters. The van der Waals surface area contributed by atoms with Crippen molar-refractivity contribution in [2.45, 2.75) is 38.6 Å². The first-order valence-corrected chi connectivity index (χ1v) is 8.06. The average molecular weight is 287 g/mol. The summed E-state index contributed by atoms with van der Waals surface area (Å²) in [5.74, 6) is 1.86. The molecule has 114 valence electrons. The Hall–Kier alpha value is -1.32. The Morgan fingerprint density at radius 1 is 1.33 bits per heavy atom. The number of benzene rings is 1. The zero-order valence-electron chi connectivity index (χ0n) is 13.0. The Morgan fingerprint density at radius 3 is 2.90 bits per heavy atom.